The summed E-state index contributed by atoms with van der Waals surface area (Å²) in [5, 5.41) is 0. The van der Waals surface area contributed by atoms with Crippen molar-refractivity contribution in [3.8, 4) is 11.8 Å². The van der Waals surface area contributed by atoms with Gasteiger partial charge in [0, 0.05) is 25.2 Å². The molecule has 0 amide bonds. The van der Waals surface area contributed by atoms with Crippen molar-refractivity contribution in [2.45, 2.75) is 19.6 Å². The molecule has 1 heterocycles. The maximum absolute atomic E-state index is 5.38. The molecule has 0 atom stereocenters. The van der Waals surface area contributed by atoms with E-state index in [9.17, 15) is 0 Å². The second kappa shape index (κ2) is 5.92. The Balaban J connectivity index is 1.65. The van der Waals surface area contributed by atoms with E-state index in [-0.39, 0.29) is 0 Å². The zero-order chi connectivity index (χ0) is 13.8. The second-order valence-corrected chi connectivity index (χ2v) is 5.12. The molecule has 2 N–H and O–H groups in total. The quantitative estimate of drug-likeness (QED) is 0.843. The third-order valence-corrected chi connectivity index (χ3v) is 3.60. The zero-order valence-corrected chi connectivity index (χ0v) is 11.5. The largest absolute Gasteiger partial charge is 0.320 e. The van der Waals surface area contributed by atoms with E-state index in [4.69, 9.17) is 5.73 Å². The highest BCUT2D eigenvalue weighted by molar-refractivity contribution is 5.36. The van der Waals surface area contributed by atoms with Crippen molar-refractivity contribution < 1.29 is 0 Å². The minimum atomic E-state index is 0.411. The molecule has 1 aliphatic rings. The summed E-state index contributed by atoms with van der Waals surface area (Å²) in [7, 11) is 0. The Morgan fingerprint density at radius 3 is 2.20 bits per heavy atom. The SMILES string of the molecule is NCC#Cc1ccc(CN2Cc3ccccc3C2)cc1. The van der Waals surface area contributed by atoms with Gasteiger partial charge in [0.1, 0.15) is 0 Å². The molecule has 100 valence electrons. The van der Waals surface area contributed by atoms with Crippen LogP contribution in [0.2, 0.25) is 0 Å². The molecule has 0 unspecified atom stereocenters. The van der Waals surface area contributed by atoms with Crippen LogP contribution in [0.25, 0.3) is 0 Å². The Labute approximate surface area is 120 Å². The highest BCUT2D eigenvalue weighted by Gasteiger charge is 2.17. The molecule has 0 aliphatic carbocycles. The van der Waals surface area contributed by atoms with Gasteiger partial charge in [0.05, 0.1) is 6.54 Å². The fourth-order valence-corrected chi connectivity index (χ4v) is 2.62. The maximum atomic E-state index is 5.38. The average molecular weight is 262 g/mol. The van der Waals surface area contributed by atoms with Crippen molar-refractivity contribution in [1.82, 2.24) is 4.90 Å². The molecule has 0 saturated heterocycles. The molecule has 0 saturated carbocycles. The molecule has 2 nitrogen and oxygen atoms in total. The monoisotopic (exact) mass is 262 g/mol. The summed E-state index contributed by atoms with van der Waals surface area (Å²) >= 11 is 0. The van der Waals surface area contributed by atoms with Gasteiger partial charge in [-0.15, -0.1) is 0 Å². The lowest BCUT2D eigenvalue weighted by molar-refractivity contribution is 0.275. The second-order valence-electron chi connectivity index (χ2n) is 5.12. The molecule has 1 aliphatic heterocycles. The Morgan fingerprint density at radius 1 is 0.950 bits per heavy atom. The van der Waals surface area contributed by atoms with E-state index in [1.54, 1.807) is 0 Å². The molecule has 3 rings (SSSR count). The first kappa shape index (κ1) is 12.9. The highest BCUT2D eigenvalue weighted by atomic mass is 15.1. The molecule has 0 spiro atoms. The first-order valence-corrected chi connectivity index (χ1v) is 6.92. The van der Waals surface area contributed by atoms with E-state index in [1.165, 1.54) is 16.7 Å². The summed E-state index contributed by atoms with van der Waals surface area (Å²) in [6, 6.07) is 17.1. The number of nitrogens with two attached hydrogens (primary N) is 1. The third-order valence-electron chi connectivity index (χ3n) is 3.60. The predicted molar refractivity (Wildman–Crippen MR) is 81.8 cm³/mol. The topological polar surface area (TPSA) is 29.3 Å². The first-order chi connectivity index (χ1) is 9.85. The number of nitrogens with zero attached hydrogens (tertiary/aromatic N) is 1. The fraction of sp³-hybridized carbons (Fsp3) is 0.222. The Bertz CT molecular complexity index is 622. The summed E-state index contributed by atoms with van der Waals surface area (Å²) in [6.07, 6.45) is 0. The van der Waals surface area contributed by atoms with Gasteiger partial charge in [-0.1, -0.05) is 48.2 Å². The summed E-state index contributed by atoms with van der Waals surface area (Å²) in [6.45, 7) is 3.49. The summed E-state index contributed by atoms with van der Waals surface area (Å²) in [5.74, 6) is 5.93. The van der Waals surface area contributed by atoms with Crippen molar-refractivity contribution >= 4 is 0 Å². The summed E-state index contributed by atoms with van der Waals surface area (Å²) in [4.78, 5) is 2.46. The van der Waals surface area contributed by atoms with Crippen LogP contribution < -0.4 is 5.73 Å². The maximum Gasteiger partial charge on any atom is 0.0555 e. The number of rotatable bonds is 2. The Morgan fingerprint density at radius 2 is 1.60 bits per heavy atom. The van der Waals surface area contributed by atoms with Crippen LogP contribution in [-0.4, -0.2) is 11.4 Å². The number of hydrogen-bond donors (Lipinski definition) is 1. The van der Waals surface area contributed by atoms with Gasteiger partial charge in [0.25, 0.3) is 0 Å². The van der Waals surface area contributed by atoms with Crippen LogP contribution in [0.4, 0.5) is 0 Å². The Hall–Kier alpha value is -2.08. The normalized spacial score (nSPS) is 13.7. The molecular weight excluding hydrogens is 244 g/mol. The van der Waals surface area contributed by atoms with Gasteiger partial charge < -0.3 is 5.73 Å². The molecule has 0 fully saturated rings. The van der Waals surface area contributed by atoms with Crippen LogP contribution in [0.1, 0.15) is 22.3 Å². The number of benzene rings is 2. The van der Waals surface area contributed by atoms with Crippen molar-refractivity contribution in [2.24, 2.45) is 5.73 Å². The van der Waals surface area contributed by atoms with Crippen molar-refractivity contribution in [2.75, 3.05) is 6.54 Å². The van der Waals surface area contributed by atoms with Crippen LogP contribution in [-0.2, 0) is 19.6 Å². The lowest BCUT2D eigenvalue weighted by Gasteiger charge is -2.14. The molecule has 0 aromatic heterocycles. The van der Waals surface area contributed by atoms with Crippen molar-refractivity contribution in [1.29, 1.82) is 0 Å². The molecule has 0 bridgehead atoms. The van der Waals surface area contributed by atoms with Crippen LogP contribution >= 0.6 is 0 Å². The van der Waals surface area contributed by atoms with Crippen LogP contribution in [0.3, 0.4) is 0 Å². The van der Waals surface area contributed by atoms with Crippen LogP contribution in [0, 0.1) is 11.8 Å². The van der Waals surface area contributed by atoms with Crippen LogP contribution in [0.5, 0.6) is 0 Å². The van der Waals surface area contributed by atoms with E-state index in [1.807, 2.05) is 0 Å². The fourth-order valence-electron chi connectivity index (χ4n) is 2.62. The van der Waals surface area contributed by atoms with Crippen LogP contribution in [0.15, 0.2) is 48.5 Å². The van der Waals surface area contributed by atoms with E-state index in [0.29, 0.717) is 6.54 Å². The van der Waals surface area contributed by atoms with Gasteiger partial charge in [-0.25, -0.2) is 0 Å². The van der Waals surface area contributed by atoms with Crippen molar-refractivity contribution in [3.63, 3.8) is 0 Å². The molecular formula is C18H18N2. The van der Waals surface area contributed by atoms with Gasteiger partial charge in [0.2, 0.25) is 0 Å². The van der Waals surface area contributed by atoms with E-state index >= 15 is 0 Å². The van der Waals surface area contributed by atoms with E-state index in [0.717, 1.165) is 25.2 Å². The number of hydrogen-bond acceptors (Lipinski definition) is 2. The van der Waals surface area contributed by atoms with Crippen molar-refractivity contribution in [3.05, 3.63) is 70.8 Å². The highest BCUT2D eigenvalue weighted by Crippen LogP contribution is 2.23. The first-order valence-electron chi connectivity index (χ1n) is 6.92. The van der Waals surface area contributed by atoms with Gasteiger partial charge in [-0.3, -0.25) is 4.90 Å². The Kier molecular flexibility index (Phi) is 3.83. The molecule has 2 aromatic carbocycles. The van der Waals surface area contributed by atoms with Gasteiger partial charge in [-0.2, -0.15) is 0 Å². The minimum absolute atomic E-state index is 0.411. The lowest BCUT2D eigenvalue weighted by atomic mass is 10.1. The molecule has 2 aromatic rings. The molecule has 2 heteroatoms. The average Bonchev–Trinajstić information content (AvgIpc) is 2.89. The third kappa shape index (κ3) is 2.91. The lowest BCUT2D eigenvalue weighted by Crippen LogP contribution is -2.15. The summed E-state index contributed by atoms with van der Waals surface area (Å²) in [5.41, 5.74) is 10.7. The zero-order valence-electron chi connectivity index (χ0n) is 11.5. The number of fused-ring (bicyclic) bond motifs is 1. The van der Waals surface area contributed by atoms with E-state index in [2.05, 4.69) is 65.3 Å². The standard InChI is InChI=1S/C18H18N2/c19-11-3-4-15-7-9-16(10-8-15)12-20-13-17-5-1-2-6-18(17)14-20/h1-2,5-10H,11-14,19H2. The van der Waals surface area contributed by atoms with Gasteiger partial charge in [-0.05, 0) is 28.8 Å². The molecule has 0 radical (unpaired) electrons. The van der Waals surface area contributed by atoms with Gasteiger partial charge in [0.15, 0.2) is 0 Å². The molecule has 20 heavy (non-hydrogen) atoms. The minimum Gasteiger partial charge on any atom is -0.320 e. The van der Waals surface area contributed by atoms with E-state index < -0.39 is 0 Å². The predicted octanol–water partition coefficient (Wildman–Crippen LogP) is 2.51. The summed E-state index contributed by atoms with van der Waals surface area (Å²) < 4.78 is 0. The van der Waals surface area contributed by atoms with Gasteiger partial charge >= 0.3 is 0 Å². The smallest absolute Gasteiger partial charge is 0.0555 e.